The number of thioether (sulfide) groups is 1. The molecular weight excluding hydrogens is 432 g/mol. The van der Waals surface area contributed by atoms with E-state index in [9.17, 15) is 9.59 Å². The number of nitrogens with zero attached hydrogens (tertiary/aromatic N) is 3. The van der Waals surface area contributed by atoms with Gasteiger partial charge in [0.2, 0.25) is 5.91 Å². The Bertz CT molecular complexity index is 927. The van der Waals surface area contributed by atoms with Crippen LogP contribution in [0.15, 0.2) is 47.6 Å². The highest BCUT2D eigenvalue weighted by Gasteiger charge is 2.24. The topological polar surface area (TPSA) is 65.5 Å². The summed E-state index contributed by atoms with van der Waals surface area (Å²) >= 11 is 7.77. The van der Waals surface area contributed by atoms with Crippen molar-refractivity contribution in [3.63, 3.8) is 0 Å². The number of nitrogens with one attached hydrogen (secondary N) is 1. The highest BCUT2D eigenvalue weighted by Crippen LogP contribution is 2.35. The number of carbonyl (C=O) groups excluding carboxylic acids is 2. The molecule has 164 valence electrons. The molecule has 1 saturated heterocycles. The molecule has 0 bridgehead atoms. The van der Waals surface area contributed by atoms with Gasteiger partial charge in [-0.2, -0.15) is 0 Å². The first-order chi connectivity index (χ1) is 15.1. The van der Waals surface area contributed by atoms with E-state index in [4.69, 9.17) is 11.6 Å². The van der Waals surface area contributed by atoms with Crippen LogP contribution in [0.1, 0.15) is 36.0 Å². The summed E-state index contributed by atoms with van der Waals surface area (Å²) in [6.07, 6.45) is 6.54. The average Bonchev–Trinajstić information content (AvgIpc) is 3.31. The van der Waals surface area contributed by atoms with Gasteiger partial charge in [-0.05, 0) is 43.2 Å². The van der Waals surface area contributed by atoms with Crippen LogP contribution in [-0.2, 0) is 4.79 Å². The molecule has 2 heterocycles. The lowest BCUT2D eigenvalue weighted by Crippen LogP contribution is -2.51. The third-order valence-electron chi connectivity index (χ3n) is 5.80. The highest BCUT2D eigenvalue weighted by atomic mass is 35.5. The van der Waals surface area contributed by atoms with Gasteiger partial charge in [0.1, 0.15) is 5.03 Å². The summed E-state index contributed by atoms with van der Waals surface area (Å²) in [5.41, 5.74) is 1.62. The van der Waals surface area contributed by atoms with E-state index in [0.29, 0.717) is 28.9 Å². The summed E-state index contributed by atoms with van der Waals surface area (Å²) < 4.78 is 0. The van der Waals surface area contributed by atoms with Crippen molar-refractivity contribution in [1.82, 2.24) is 15.2 Å². The number of halogens is 1. The van der Waals surface area contributed by atoms with Crippen molar-refractivity contribution in [3.8, 4) is 0 Å². The first-order valence-electron chi connectivity index (χ1n) is 10.8. The Morgan fingerprint density at radius 3 is 2.61 bits per heavy atom. The second kappa shape index (κ2) is 10.4. The van der Waals surface area contributed by atoms with Gasteiger partial charge < -0.3 is 15.1 Å². The molecule has 0 atom stereocenters. The van der Waals surface area contributed by atoms with Crippen molar-refractivity contribution >= 4 is 40.9 Å². The lowest BCUT2D eigenvalue weighted by atomic mass is 10.2. The zero-order valence-corrected chi connectivity index (χ0v) is 19.0. The molecular formula is C23H27ClN4O2S. The summed E-state index contributed by atoms with van der Waals surface area (Å²) in [5.74, 6) is -0.299. The molecule has 0 radical (unpaired) electrons. The zero-order valence-electron chi connectivity index (χ0n) is 17.4. The van der Waals surface area contributed by atoms with Crippen LogP contribution in [0, 0.1) is 0 Å². The van der Waals surface area contributed by atoms with Crippen molar-refractivity contribution in [2.75, 3.05) is 37.6 Å². The van der Waals surface area contributed by atoms with Crippen molar-refractivity contribution in [2.24, 2.45) is 0 Å². The van der Waals surface area contributed by atoms with Crippen LogP contribution in [0.4, 0.5) is 5.69 Å². The molecule has 6 nitrogen and oxygen atoms in total. The number of hydrogen-bond donors (Lipinski definition) is 1. The number of anilines is 1. The van der Waals surface area contributed by atoms with E-state index < -0.39 is 0 Å². The molecule has 1 saturated carbocycles. The molecule has 0 unspecified atom stereocenters. The molecule has 1 N–H and O–H groups in total. The summed E-state index contributed by atoms with van der Waals surface area (Å²) in [4.78, 5) is 33.8. The van der Waals surface area contributed by atoms with Gasteiger partial charge in [0.15, 0.2) is 0 Å². The van der Waals surface area contributed by atoms with Gasteiger partial charge in [0, 0.05) is 48.3 Å². The Morgan fingerprint density at radius 1 is 1.10 bits per heavy atom. The number of amides is 2. The molecule has 4 rings (SSSR count). The molecule has 2 amide bonds. The summed E-state index contributed by atoms with van der Waals surface area (Å²) in [5, 5.41) is 4.79. The maximum Gasteiger partial charge on any atom is 0.254 e. The maximum atomic E-state index is 12.7. The van der Waals surface area contributed by atoms with E-state index in [1.807, 2.05) is 24.3 Å². The molecule has 2 aromatic rings. The average molecular weight is 459 g/mol. The molecule has 2 aliphatic rings. The smallest absolute Gasteiger partial charge is 0.254 e. The van der Waals surface area contributed by atoms with Gasteiger partial charge in [-0.1, -0.05) is 30.5 Å². The Balaban J connectivity index is 1.28. The third kappa shape index (κ3) is 5.71. The standard InChI is InChI=1S/C23H27ClN4O2S/c24-17-5-3-6-18(15-17)27-11-13-28(14-12-27)21(29)16-26-22(30)20-9-4-10-25-23(20)31-19-7-1-2-8-19/h3-6,9-10,15,19H,1-2,7-8,11-14,16H2,(H,26,30). The first kappa shape index (κ1) is 22.0. The molecule has 2 fully saturated rings. The third-order valence-corrected chi connectivity index (χ3v) is 7.39. The number of pyridine rings is 1. The Hall–Kier alpha value is -2.25. The maximum absolute atomic E-state index is 12.7. The summed E-state index contributed by atoms with van der Waals surface area (Å²) in [6.45, 7) is 2.72. The lowest BCUT2D eigenvalue weighted by molar-refractivity contribution is -0.130. The van der Waals surface area contributed by atoms with Crippen LogP contribution in [0.5, 0.6) is 0 Å². The monoisotopic (exact) mass is 458 g/mol. The van der Waals surface area contributed by atoms with Gasteiger partial charge in [-0.3, -0.25) is 9.59 Å². The van der Waals surface area contributed by atoms with Crippen LogP contribution >= 0.6 is 23.4 Å². The molecule has 1 aromatic carbocycles. The first-order valence-corrected chi connectivity index (χ1v) is 12.0. The normalized spacial score (nSPS) is 17.1. The van der Waals surface area contributed by atoms with Crippen LogP contribution in [0.25, 0.3) is 0 Å². The van der Waals surface area contributed by atoms with Crippen LogP contribution < -0.4 is 10.2 Å². The molecule has 1 aromatic heterocycles. The van der Waals surface area contributed by atoms with Crippen LogP contribution in [-0.4, -0.2) is 59.7 Å². The fourth-order valence-electron chi connectivity index (χ4n) is 4.07. The van der Waals surface area contributed by atoms with Crippen molar-refractivity contribution in [3.05, 3.63) is 53.2 Å². The molecule has 1 aliphatic carbocycles. The summed E-state index contributed by atoms with van der Waals surface area (Å²) in [6, 6.07) is 11.3. The summed E-state index contributed by atoms with van der Waals surface area (Å²) in [7, 11) is 0. The predicted octanol–water partition coefficient (Wildman–Crippen LogP) is 3.85. The van der Waals surface area contributed by atoms with E-state index in [-0.39, 0.29) is 18.4 Å². The SMILES string of the molecule is O=C(NCC(=O)N1CCN(c2cccc(Cl)c2)CC1)c1cccnc1SC1CCCC1. The van der Waals surface area contributed by atoms with Crippen molar-refractivity contribution in [1.29, 1.82) is 0 Å². The molecule has 8 heteroatoms. The fraction of sp³-hybridized carbons (Fsp3) is 0.435. The Labute approximate surface area is 192 Å². The Morgan fingerprint density at radius 2 is 1.87 bits per heavy atom. The van der Waals surface area contributed by atoms with Gasteiger partial charge in [0.25, 0.3) is 5.91 Å². The largest absolute Gasteiger partial charge is 0.368 e. The minimum atomic E-state index is -0.237. The Kier molecular flexibility index (Phi) is 7.35. The van der Waals surface area contributed by atoms with Gasteiger partial charge >= 0.3 is 0 Å². The number of benzene rings is 1. The van der Waals surface area contributed by atoms with E-state index in [1.54, 1.807) is 35.0 Å². The molecule has 0 spiro atoms. The van der Waals surface area contributed by atoms with E-state index >= 15 is 0 Å². The highest BCUT2D eigenvalue weighted by molar-refractivity contribution is 7.99. The second-order valence-corrected chi connectivity index (χ2v) is 9.64. The van der Waals surface area contributed by atoms with Crippen molar-refractivity contribution < 1.29 is 9.59 Å². The van der Waals surface area contributed by atoms with Gasteiger partial charge in [-0.25, -0.2) is 4.98 Å². The van der Waals surface area contributed by atoms with E-state index in [0.717, 1.165) is 23.8 Å². The van der Waals surface area contributed by atoms with Crippen molar-refractivity contribution in [2.45, 2.75) is 36.0 Å². The fourth-order valence-corrected chi connectivity index (χ4v) is 5.55. The minimum absolute atomic E-state index is 0.00156. The lowest BCUT2D eigenvalue weighted by Gasteiger charge is -2.36. The number of hydrogen-bond acceptors (Lipinski definition) is 5. The zero-order chi connectivity index (χ0) is 21.6. The van der Waals surface area contributed by atoms with Crippen LogP contribution in [0.2, 0.25) is 5.02 Å². The van der Waals surface area contributed by atoms with Gasteiger partial charge in [0.05, 0.1) is 12.1 Å². The minimum Gasteiger partial charge on any atom is -0.368 e. The molecule has 1 aliphatic heterocycles. The number of aromatic nitrogens is 1. The van der Waals surface area contributed by atoms with Gasteiger partial charge in [-0.15, -0.1) is 11.8 Å². The van der Waals surface area contributed by atoms with E-state index in [2.05, 4.69) is 15.2 Å². The number of carbonyl (C=O) groups is 2. The number of rotatable bonds is 6. The quantitative estimate of drug-likeness (QED) is 0.712. The predicted molar refractivity (Wildman–Crippen MR) is 125 cm³/mol. The van der Waals surface area contributed by atoms with E-state index in [1.165, 1.54) is 25.7 Å². The number of piperazine rings is 1. The molecule has 31 heavy (non-hydrogen) atoms. The second-order valence-electron chi connectivity index (χ2n) is 7.91. The van der Waals surface area contributed by atoms with Crippen LogP contribution in [0.3, 0.4) is 0 Å².